The number of carbonyl (C=O) groups excluding carboxylic acids is 1. The number of aryl methyl sites for hydroxylation is 1. The van der Waals surface area contributed by atoms with E-state index in [9.17, 15) is 13.6 Å². The molecule has 0 unspecified atom stereocenters. The molecule has 3 aromatic rings. The fourth-order valence-electron chi connectivity index (χ4n) is 4.16. The Hall–Kier alpha value is -3.75. The van der Waals surface area contributed by atoms with E-state index in [2.05, 4.69) is 10.4 Å². The quantitative estimate of drug-likeness (QED) is 0.265. The minimum atomic E-state index is -1.16. The van der Waals surface area contributed by atoms with E-state index in [1.807, 2.05) is 65.4 Å². The Morgan fingerprint density at radius 3 is 2.29 bits per heavy atom. The number of anilines is 1. The zero-order valence-corrected chi connectivity index (χ0v) is 22.8. The highest BCUT2D eigenvalue weighted by Crippen LogP contribution is 2.27. The summed E-state index contributed by atoms with van der Waals surface area (Å²) < 4.78 is 28.7. The van der Waals surface area contributed by atoms with Gasteiger partial charge in [-0.05, 0) is 55.4 Å². The van der Waals surface area contributed by atoms with Gasteiger partial charge in [0.25, 0.3) is 5.91 Å². The Kier molecular flexibility index (Phi) is 11.9. The van der Waals surface area contributed by atoms with Gasteiger partial charge in [-0.25, -0.2) is 8.78 Å². The Labute approximate surface area is 223 Å². The first kappa shape index (κ1) is 30.5. The van der Waals surface area contributed by atoms with Crippen molar-refractivity contribution in [1.82, 2.24) is 15.1 Å². The van der Waals surface area contributed by atoms with Crippen molar-refractivity contribution in [3.05, 3.63) is 65.5 Å². The number of halogens is 2. The van der Waals surface area contributed by atoms with Crippen molar-refractivity contribution >= 4 is 17.8 Å². The van der Waals surface area contributed by atoms with Crippen LogP contribution in [0.4, 0.5) is 14.5 Å². The van der Waals surface area contributed by atoms with Crippen LogP contribution < -0.4 is 11.1 Å². The highest BCUT2D eigenvalue weighted by Gasteiger charge is 2.22. The number of hydrogen-bond donors (Lipinski definition) is 3. The van der Waals surface area contributed by atoms with E-state index in [0.717, 1.165) is 54.5 Å². The molecule has 1 amide bonds. The summed E-state index contributed by atoms with van der Waals surface area (Å²) in [4.78, 5) is 16.9. The third-order valence-corrected chi connectivity index (χ3v) is 6.20. The van der Waals surface area contributed by atoms with Crippen molar-refractivity contribution in [2.45, 2.75) is 59.4 Å². The SMILES string of the molecule is CC.CC.Cn1cc(-c2ccc(C=NC3CCC(CNC(=O)c4cc(F)c(O)c(F)c4)CC3)c(N)c2)cn1. The molecular weight excluding hydrogens is 488 g/mol. The van der Waals surface area contributed by atoms with Gasteiger partial charge in [-0.3, -0.25) is 14.5 Å². The summed E-state index contributed by atoms with van der Waals surface area (Å²) in [7, 11) is 1.87. The van der Waals surface area contributed by atoms with E-state index in [1.165, 1.54) is 0 Å². The summed E-state index contributed by atoms with van der Waals surface area (Å²) in [6, 6.07) is 7.72. The predicted octanol–water partition coefficient (Wildman–Crippen LogP) is 6.11. The number of nitrogens with two attached hydrogens (primary N) is 1. The lowest BCUT2D eigenvalue weighted by Gasteiger charge is -2.26. The molecule has 0 saturated heterocycles. The number of phenolic OH excluding ortho intramolecular Hbond substituents is 1. The van der Waals surface area contributed by atoms with Crippen molar-refractivity contribution in [2.75, 3.05) is 12.3 Å². The maximum absolute atomic E-state index is 13.5. The smallest absolute Gasteiger partial charge is 0.251 e. The lowest BCUT2D eigenvalue weighted by molar-refractivity contribution is 0.0942. The number of phenols is 1. The second-order valence-corrected chi connectivity index (χ2v) is 8.70. The summed E-state index contributed by atoms with van der Waals surface area (Å²) in [5.41, 5.74) is 9.61. The first-order chi connectivity index (χ1) is 18.3. The first-order valence-electron chi connectivity index (χ1n) is 13.2. The molecule has 0 atom stereocenters. The minimum Gasteiger partial charge on any atom is -0.503 e. The Bertz CT molecular complexity index is 1190. The second kappa shape index (κ2) is 14.9. The van der Waals surface area contributed by atoms with Gasteiger partial charge in [0.15, 0.2) is 17.4 Å². The lowest BCUT2D eigenvalue weighted by Crippen LogP contribution is -2.32. The molecule has 4 rings (SSSR count). The van der Waals surface area contributed by atoms with Crippen LogP contribution in [-0.2, 0) is 7.05 Å². The number of amides is 1. The van der Waals surface area contributed by atoms with Crippen LogP contribution >= 0.6 is 0 Å². The average molecular weight is 528 g/mol. The lowest BCUT2D eigenvalue weighted by atomic mass is 9.86. The number of rotatable bonds is 6. The average Bonchev–Trinajstić information content (AvgIpc) is 3.38. The number of nitrogen functional groups attached to an aromatic ring is 1. The Morgan fingerprint density at radius 1 is 1.11 bits per heavy atom. The van der Waals surface area contributed by atoms with Crippen LogP contribution in [0.5, 0.6) is 5.75 Å². The molecule has 1 aliphatic rings. The van der Waals surface area contributed by atoms with Crippen molar-refractivity contribution in [2.24, 2.45) is 18.0 Å². The molecule has 206 valence electrons. The van der Waals surface area contributed by atoms with E-state index in [4.69, 9.17) is 15.8 Å². The third kappa shape index (κ3) is 8.13. The molecule has 0 spiro atoms. The van der Waals surface area contributed by atoms with Gasteiger partial charge in [0.05, 0.1) is 6.20 Å². The molecule has 1 saturated carbocycles. The minimum absolute atomic E-state index is 0.154. The van der Waals surface area contributed by atoms with Crippen LogP contribution in [0.3, 0.4) is 0 Å². The number of hydrogen-bond acceptors (Lipinski definition) is 5. The first-order valence-corrected chi connectivity index (χ1v) is 13.2. The van der Waals surface area contributed by atoms with Crippen molar-refractivity contribution in [3.63, 3.8) is 0 Å². The number of nitrogens with one attached hydrogen (secondary N) is 1. The molecule has 0 bridgehead atoms. The van der Waals surface area contributed by atoms with E-state index < -0.39 is 23.3 Å². The van der Waals surface area contributed by atoms with Gasteiger partial charge >= 0.3 is 0 Å². The molecule has 1 fully saturated rings. The number of aromatic hydroxyl groups is 1. The van der Waals surface area contributed by atoms with Crippen molar-refractivity contribution in [1.29, 1.82) is 0 Å². The van der Waals surface area contributed by atoms with Crippen LogP contribution in [0.15, 0.2) is 47.7 Å². The molecule has 1 heterocycles. The summed E-state index contributed by atoms with van der Waals surface area (Å²) >= 11 is 0. The number of nitrogens with zero attached hydrogens (tertiary/aromatic N) is 3. The predicted molar refractivity (Wildman–Crippen MR) is 149 cm³/mol. The van der Waals surface area contributed by atoms with E-state index in [-0.39, 0.29) is 17.5 Å². The number of aromatic nitrogens is 2. The molecule has 1 aliphatic carbocycles. The van der Waals surface area contributed by atoms with Crippen LogP contribution in [0.25, 0.3) is 11.1 Å². The zero-order chi connectivity index (χ0) is 28.2. The molecule has 0 aliphatic heterocycles. The Morgan fingerprint density at radius 2 is 1.74 bits per heavy atom. The van der Waals surface area contributed by atoms with E-state index in [0.29, 0.717) is 12.2 Å². The van der Waals surface area contributed by atoms with E-state index in [1.54, 1.807) is 10.9 Å². The van der Waals surface area contributed by atoms with Crippen LogP contribution in [0.1, 0.15) is 69.3 Å². The monoisotopic (exact) mass is 527 g/mol. The number of benzene rings is 2. The second-order valence-electron chi connectivity index (χ2n) is 8.70. The standard InChI is InChI=1S/C25H27F2N5O2.2C2H6/c1-32-14-19(13-31-32)16-4-5-17(23(28)10-16)12-29-20-6-2-15(3-7-20)11-30-25(34)18-8-21(26)24(33)22(27)9-18;2*1-2/h4-5,8-10,12-15,20,33H,2-3,6-7,11,28H2,1H3,(H,30,34);2*1-2H3. The molecule has 38 heavy (non-hydrogen) atoms. The van der Waals surface area contributed by atoms with Gasteiger partial charge in [0, 0.05) is 54.4 Å². The fraction of sp³-hybridized carbons (Fsp3) is 0.414. The fourth-order valence-corrected chi connectivity index (χ4v) is 4.16. The largest absolute Gasteiger partial charge is 0.503 e. The Balaban J connectivity index is 0.00000121. The number of aliphatic imine (C=N–C) groups is 1. The van der Waals surface area contributed by atoms with Gasteiger partial charge in [0.2, 0.25) is 0 Å². The highest BCUT2D eigenvalue weighted by atomic mass is 19.1. The topological polar surface area (TPSA) is 106 Å². The van der Waals surface area contributed by atoms with Gasteiger partial charge in [-0.15, -0.1) is 0 Å². The van der Waals surface area contributed by atoms with Gasteiger partial charge in [-0.1, -0.05) is 39.8 Å². The van der Waals surface area contributed by atoms with E-state index >= 15 is 0 Å². The molecule has 7 nitrogen and oxygen atoms in total. The van der Waals surface area contributed by atoms with Crippen molar-refractivity contribution < 1.29 is 18.7 Å². The summed E-state index contributed by atoms with van der Waals surface area (Å²) in [5.74, 6) is -3.69. The summed E-state index contributed by atoms with van der Waals surface area (Å²) in [6.45, 7) is 8.42. The van der Waals surface area contributed by atoms with Gasteiger partial charge in [-0.2, -0.15) is 5.10 Å². The van der Waals surface area contributed by atoms with Crippen LogP contribution in [0, 0.1) is 17.6 Å². The molecule has 2 aromatic carbocycles. The molecule has 0 radical (unpaired) electrons. The molecular formula is C29H39F2N5O2. The maximum Gasteiger partial charge on any atom is 0.251 e. The summed E-state index contributed by atoms with van der Waals surface area (Å²) in [6.07, 6.45) is 9.09. The van der Waals surface area contributed by atoms with Crippen molar-refractivity contribution in [3.8, 4) is 16.9 Å². The zero-order valence-electron chi connectivity index (χ0n) is 22.8. The molecule has 9 heteroatoms. The molecule has 4 N–H and O–H groups in total. The molecule has 1 aromatic heterocycles. The van der Waals surface area contributed by atoms with Crippen LogP contribution in [0.2, 0.25) is 0 Å². The normalized spacial score (nSPS) is 16.7. The third-order valence-electron chi connectivity index (χ3n) is 6.20. The van der Waals surface area contributed by atoms with Gasteiger partial charge in [0.1, 0.15) is 0 Å². The van der Waals surface area contributed by atoms with Gasteiger partial charge < -0.3 is 16.2 Å². The maximum atomic E-state index is 13.5. The summed E-state index contributed by atoms with van der Waals surface area (Å²) in [5, 5.41) is 16.1. The highest BCUT2D eigenvalue weighted by molar-refractivity contribution is 5.94. The number of carbonyl (C=O) groups is 1. The van der Waals surface area contributed by atoms with Crippen LogP contribution in [-0.4, -0.2) is 39.6 Å².